The maximum Gasteiger partial charge on any atom is 0.227 e. The second kappa shape index (κ2) is 17.0. The van der Waals surface area contributed by atoms with Crippen LogP contribution >= 0.6 is 0 Å². The summed E-state index contributed by atoms with van der Waals surface area (Å²) in [5.74, 6) is 1.12. The van der Waals surface area contributed by atoms with Crippen molar-refractivity contribution in [1.29, 1.82) is 0 Å². The molecule has 8 aromatic carbocycles. The van der Waals surface area contributed by atoms with Gasteiger partial charge in [-0.05, 0) is 123 Å². The Morgan fingerprint density at radius 2 is 1.23 bits per heavy atom. The van der Waals surface area contributed by atoms with Gasteiger partial charge in [0.15, 0.2) is 5.58 Å². The minimum atomic E-state index is 0.209. The highest BCUT2D eigenvalue weighted by molar-refractivity contribution is 6.07. The van der Waals surface area contributed by atoms with E-state index in [4.69, 9.17) is 9.40 Å². The van der Waals surface area contributed by atoms with Crippen LogP contribution in [-0.4, -0.2) is 4.98 Å². The van der Waals surface area contributed by atoms with E-state index in [2.05, 4.69) is 211 Å². The second-order valence-electron chi connectivity index (χ2n) is 17.3. The van der Waals surface area contributed by atoms with E-state index in [1.54, 1.807) is 0 Å². The lowest BCUT2D eigenvalue weighted by Gasteiger charge is -2.32. The zero-order chi connectivity index (χ0) is 43.8. The Hall–Kier alpha value is -8.27. The highest BCUT2D eigenvalue weighted by atomic mass is 16.3. The van der Waals surface area contributed by atoms with Crippen molar-refractivity contribution in [2.45, 2.75) is 18.8 Å². The fourth-order valence-corrected chi connectivity index (χ4v) is 10.1. The maximum atomic E-state index is 6.37. The third-order valence-electron chi connectivity index (χ3n) is 13.3. The summed E-state index contributed by atoms with van der Waals surface area (Å²) < 4.78 is 6.37. The van der Waals surface area contributed by atoms with Gasteiger partial charge in [-0.25, -0.2) is 4.98 Å². The van der Waals surface area contributed by atoms with Crippen molar-refractivity contribution in [3.8, 4) is 44.8 Å². The minimum Gasteiger partial charge on any atom is -0.436 e. The van der Waals surface area contributed by atoms with Crippen LogP contribution in [0.2, 0.25) is 0 Å². The quantitative estimate of drug-likeness (QED) is 0.145. The van der Waals surface area contributed by atoms with Gasteiger partial charge in [0.05, 0.1) is 5.69 Å². The molecule has 3 heteroatoms. The third-order valence-corrected chi connectivity index (χ3v) is 13.3. The molecule has 3 aliphatic rings. The number of nitrogens with zero attached hydrogens (tertiary/aromatic N) is 2. The van der Waals surface area contributed by atoms with Crippen LogP contribution < -0.4 is 4.90 Å². The van der Waals surface area contributed by atoms with Gasteiger partial charge in [-0.2, -0.15) is 0 Å². The van der Waals surface area contributed by atoms with E-state index in [1.807, 2.05) is 36.4 Å². The third kappa shape index (κ3) is 7.25. The summed E-state index contributed by atoms with van der Waals surface area (Å²) in [6, 6.07) is 65.6. The lowest BCUT2D eigenvalue weighted by molar-refractivity contribution is 0.620. The van der Waals surface area contributed by atoms with Crippen LogP contribution in [-0.2, 0) is 0 Å². The Morgan fingerprint density at radius 1 is 0.515 bits per heavy atom. The Kier molecular flexibility index (Phi) is 10.1. The van der Waals surface area contributed by atoms with Gasteiger partial charge in [0.25, 0.3) is 0 Å². The largest absolute Gasteiger partial charge is 0.436 e. The highest BCUT2D eigenvalue weighted by Crippen LogP contribution is 2.49. The zero-order valence-electron chi connectivity index (χ0n) is 36.5. The van der Waals surface area contributed by atoms with E-state index in [0.717, 1.165) is 79.6 Å². The molecule has 12 rings (SSSR count). The molecule has 9 aromatic rings. The Balaban J connectivity index is 1.07. The predicted octanol–water partition coefficient (Wildman–Crippen LogP) is 17.2. The number of anilines is 3. The number of oxazole rings is 1. The molecule has 2 atom stereocenters. The average molecular weight is 847 g/mol. The summed E-state index contributed by atoms with van der Waals surface area (Å²) in [6.45, 7) is 0. The van der Waals surface area contributed by atoms with Crippen LogP contribution in [0.3, 0.4) is 0 Å². The minimum absolute atomic E-state index is 0.209. The van der Waals surface area contributed by atoms with Gasteiger partial charge in [-0.1, -0.05) is 188 Å². The van der Waals surface area contributed by atoms with Crippen LogP contribution in [0, 0.1) is 5.92 Å². The Labute approximate surface area is 386 Å². The van der Waals surface area contributed by atoms with E-state index in [1.165, 1.54) is 33.4 Å². The molecule has 3 nitrogen and oxygen atoms in total. The molecule has 314 valence electrons. The number of hydrogen-bond donors (Lipinski definition) is 0. The van der Waals surface area contributed by atoms with Crippen molar-refractivity contribution in [2.75, 3.05) is 4.90 Å². The molecule has 0 bridgehead atoms. The van der Waals surface area contributed by atoms with Gasteiger partial charge >= 0.3 is 0 Å². The molecule has 0 saturated carbocycles. The first-order valence-corrected chi connectivity index (χ1v) is 23.0. The first kappa shape index (κ1) is 39.3. The van der Waals surface area contributed by atoms with E-state index < -0.39 is 0 Å². The molecule has 3 aliphatic carbocycles. The predicted molar refractivity (Wildman–Crippen MR) is 276 cm³/mol. The molecular weight excluding hydrogens is 801 g/mol. The van der Waals surface area contributed by atoms with Crippen molar-refractivity contribution in [3.05, 3.63) is 259 Å². The van der Waals surface area contributed by atoms with Gasteiger partial charge in [-0.15, -0.1) is 0 Å². The molecule has 0 aliphatic heterocycles. The molecule has 0 saturated heterocycles. The fourth-order valence-electron chi connectivity index (χ4n) is 10.1. The van der Waals surface area contributed by atoms with Crippen LogP contribution in [0.5, 0.6) is 0 Å². The molecular formula is C63H46N2O. The molecule has 0 N–H and O–H groups in total. The number of rotatable bonds is 9. The van der Waals surface area contributed by atoms with Crippen LogP contribution in [0.4, 0.5) is 17.1 Å². The Bertz CT molecular complexity index is 3460. The van der Waals surface area contributed by atoms with Gasteiger partial charge < -0.3 is 9.32 Å². The topological polar surface area (TPSA) is 29.3 Å². The highest BCUT2D eigenvalue weighted by Gasteiger charge is 2.29. The summed E-state index contributed by atoms with van der Waals surface area (Å²) >= 11 is 0. The first-order valence-electron chi connectivity index (χ1n) is 23.0. The zero-order valence-corrected chi connectivity index (χ0v) is 36.5. The van der Waals surface area contributed by atoms with Crippen molar-refractivity contribution in [2.24, 2.45) is 5.92 Å². The molecule has 0 spiro atoms. The number of allylic oxidation sites excluding steroid dienone is 12. The molecule has 0 fully saturated rings. The van der Waals surface area contributed by atoms with Crippen molar-refractivity contribution in [1.82, 2.24) is 4.98 Å². The summed E-state index contributed by atoms with van der Waals surface area (Å²) in [5, 5.41) is 2.17. The van der Waals surface area contributed by atoms with Gasteiger partial charge in [0.2, 0.25) is 5.89 Å². The number of fused-ring (bicyclic) bond motifs is 4. The monoisotopic (exact) mass is 846 g/mol. The molecule has 1 heterocycles. The van der Waals surface area contributed by atoms with Gasteiger partial charge in [0.1, 0.15) is 5.52 Å². The van der Waals surface area contributed by atoms with E-state index >= 15 is 0 Å². The van der Waals surface area contributed by atoms with Crippen LogP contribution in [0.1, 0.15) is 29.9 Å². The van der Waals surface area contributed by atoms with E-state index in [9.17, 15) is 0 Å². The molecule has 0 radical (unpaired) electrons. The summed E-state index contributed by atoms with van der Waals surface area (Å²) in [5.41, 5.74) is 18.0. The fraction of sp³-hybridized carbons (Fsp3) is 0.0635. The summed E-state index contributed by atoms with van der Waals surface area (Å²) in [7, 11) is 0. The SMILES string of the molecule is C1=CC2=CC=CC(c3ccc(N(c4ccc(-c5ccccc5)cc4)c4cccc(-c5ccc6ccc7oc(-c8ccccc8)nc7c6c5)c4-c4ccccc4)cc3C3=CCCC=C3)C2C=C1. The molecule has 2 unspecified atom stereocenters. The van der Waals surface area contributed by atoms with Crippen molar-refractivity contribution in [3.63, 3.8) is 0 Å². The molecule has 1 aromatic heterocycles. The standard InChI is InChI=1S/C63H46N2O/c1-5-17-43(18-6-1)44-33-36-51(37-34-44)65(52-38-39-56(57(42-52)46-19-7-2-8-20-46)55-29-15-26-45-21-13-14-27-53(45)55)59-30-16-28-54(61(59)48-22-9-3-10-23-48)50-32-31-47-35-40-60-62(58(47)41-50)64-63(66-60)49-24-11-4-12-25-49/h1,3-7,9-42,53,55H,2,8H2. The lowest BCUT2D eigenvalue weighted by Crippen LogP contribution is -2.17. The molecule has 0 amide bonds. The Morgan fingerprint density at radius 3 is 2.02 bits per heavy atom. The molecule has 66 heavy (non-hydrogen) atoms. The smallest absolute Gasteiger partial charge is 0.227 e. The average Bonchev–Trinajstić information content (AvgIpc) is 3.85. The lowest BCUT2D eigenvalue weighted by atomic mass is 9.74. The maximum absolute atomic E-state index is 6.37. The summed E-state index contributed by atoms with van der Waals surface area (Å²) in [6.07, 6.45) is 25.0. The van der Waals surface area contributed by atoms with E-state index in [0.29, 0.717) is 5.89 Å². The van der Waals surface area contributed by atoms with Crippen molar-refractivity contribution < 1.29 is 4.42 Å². The van der Waals surface area contributed by atoms with E-state index in [-0.39, 0.29) is 11.8 Å². The van der Waals surface area contributed by atoms with Crippen molar-refractivity contribution >= 4 is 44.5 Å². The number of aromatic nitrogens is 1. The first-order chi connectivity index (χ1) is 32.7. The van der Waals surface area contributed by atoms with Crippen LogP contribution in [0.25, 0.3) is 72.3 Å². The second-order valence-corrected chi connectivity index (χ2v) is 17.3. The number of benzene rings is 8. The van der Waals surface area contributed by atoms with Crippen LogP contribution in [0.15, 0.2) is 253 Å². The van der Waals surface area contributed by atoms with Gasteiger partial charge in [-0.3, -0.25) is 0 Å². The number of hydrogen-bond acceptors (Lipinski definition) is 3. The summed E-state index contributed by atoms with van der Waals surface area (Å²) in [4.78, 5) is 7.56. The van der Waals surface area contributed by atoms with Gasteiger partial charge in [0, 0.05) is 39.7 Å². The normalized spacial score (nSPS) is 16.3.